The third-order valence-electron chi connectivity index (χ3n) is 2.22. The van der Waals surface area contributed by atoms with Gasteiger partial charge in [-0.2, -0.15) is 0 Å². The van der Waals surface area contributed by atoms with Crippen molar-refractivity contribution in [2.45, 2.75) is 47.5 Å². The highest BCUT2D eigenvalue weighted by Crippen LogP contribution is 2.18. The zero-order valence-electron chi connectivity index (χ0n) is 12.9. The number of H-pyrrole nitrogens is 1. The van der Waals surface area contributed by atoms with Crippen molar-refractivity contribution in [3.8, 4) is 0 Å². The molecule has 0 aromatic carbocycles. The van der Waals surface area contributed by atoms with Gasteiger partial charge in [0.25, 0.3) is 0 Å². The summed E-state index contributed by atoms with van der Waals surface area (Å²) in [4.78, 5) is 13.8. The van der Waals surface area contributed by atoms with Crippen molar-refractivity contribution in [2.75, 3.05) is 0 Å². The Bertz CT molecular complexity index is 389. The molecule has 108 valence electrons. The molecule has 0 saturated carbocycles. The Morgan fingerprint density at radius 1 is 1.37 bits per heavy atom. The highest BCUT2D eigenvalue weighted by Gasteiger charge is 2.06. The van der Waals surface area contributed by atoms with E-state index >= 15 is 0 Å². The van der Waals surface area contributed by atoms with E-state index in [1.54, 1.807) is 6.08 Å². The molecule has 0 atom stereocenters. The lowest BCUT2D eigenvalue weighted by molar-refractivity contribution is -0.117. The van der Waals surface area contributed by atoms with Gasteiger partial charge in [0.15, 0.2) is 0 Å². The summed E-state index contributed by atoms with van der Waals surface area (Å²) in [6.07, 6.45) is 8.67. The van der Waals surface area contributed by atoms with Gasteiger partial charge in [0.1, 0.15) is 0 Å². The number of carbonyl (C=O) groups is 1. The number of nitrogens with one attached hydrogen (secondary N) is 1. The number of rotatable bonds is 5. The molecule has 1 heterocycles. The minimum absolute atomic E-state index is 0.275. The second-order valence-electron chi connectivity index (χ2n) is 3.31. The van der Waals surface area contributed by atoms with E-state index in [1.165, 1.54) is 0 Å². The smallest absolute Gasteiger partial charge is 0.217 e. The van der Waals surface area contributed by atoms with Gasteiger partial charge in [0.05, 0.1) is 0 Å². The maximum absolute atomic E-state index is 10.7. The maximum atomic E-state index is 10.7. The third-order valence-corrected chi connectivity index (χ3v) is 2.22. The fourth-order valence-corrected chi connectivity index (χ4v) is 1.49. The van der Waals surface area contributed by atoms with Gasteiger partial charge in [0, 0.05) is 23.9 Å². The summed E-state index contributed by atoms with van der Waals surface area (Å²) in [5.74, 6) is -0.275. The highest BCUT2D eigenvalue weighted by atomic mass is 16.1. The van der Waals surface area contributed by atoms with Crippen molar-refractivity contribution in [3.63, 3.8) is 0 Å². The first-order valence-electron chi connectivity index (χ1n) is 6.92. The average Bonchev–Trinajstić information content (AvgIpc) is 2.83. The van der Waals surface area contributed by atoms with Gasteiger partial charge < -0.3 is 10.7 Å². The summed E-state index contributed by atoms with van der Waals surface area (Å²) in [7, 11) is 0. The number of allylic oxidation sites excluding steroid dienone is 1. The number of aromatic amines is 1. The molecule has 1 aromatic heterocycles. The summed E-state index contributed by atoms with van der Waals surface area (Å²) in [6.45, 7) is 13.7. The SMILES string of the molecule is C=Cc1[nH]cc(CCC(N)=O)c1/C=C\C.CC.CC. The van der Waals surface area contributed by atoms with Gasteiger partial charge in [0.2, 0.25) is 5.91 Å². The number of nitrogens with two attached hydrogens (primary N) is 1. The van der Waals surface area contributed by atoms with Crippen LogP contribution >= 0.6 is 0 Å². The molecule has 0 aliphatic heterocycles. The fraction of sp³-hybridized carbons (Fsp3) is 0.438. The van der Waals surface area contributed by atoms with Gasteiger partial charge in [-0.1, -0.05) is 46.4 Å². The number of aryl methyl sites for hydroxylation is 1. The minimum atomic E-state index is -0.275. The Kier molecular flexibility index (Phi) is 13.1. The molecule has 0 fully saturated rings. The van der Waals surface area contributed by atoms with Crippen molar-refractivity contribution in [3.05, 3.63) is 35.7 Å². The summed E-state index contributed by atoms with van der Waals surface area (Å²) in [5, 5.41) is 0. The highest BCUT2D eigenvalue weighted by molar-refractivity contribution is 5.74. The van der Waals surface area contributed by atoms with E-state index in [9.17, 15) is 4.79 Å². The van der Waals surface area contributed by atoms with Crippen LogP contribution in [0.15, 0.2) is 18.9 Å². The molecule has 0 radical (unpaired) electrons. The molecule has 1 rings (SSSR count). The maximum Gasteiger partial charge on any atom is 0.217 e. The van der Waals surface area contributed by atoms with Gasteiger partial charge in [-0.3, -0.25) is 4.79 Å². The molecule has 0 saturated heterocycles. The van der Waals surface area contributed by atoms with Crippen molar-refractivity contribution < 1.29 is 4.79 Å². The van der Waals surface area contributed by atoms with E-state index in [4.69, 9.17) is 5.73 Å². The lowest BCUT2D eigenvalue weighted by Gasteiger charge is -1.98. The van der Waals surface area contributed by atoms with Crippen LogP contribution in [0.5, 0.6) is 0 Å². The van der Waals surface area contributed by atoms with Crippen molar-refractivity contribution in [2.24, 2.45) is 5.73 Å². The van der Waals surface area contributed by atoms with E-state index in [2.05, 4.69) is 11.6 Å². The molecule has 0 bridgehead atoms. The number of carbonyl (C=O) groups excluding carboxylic acids is 1. The van der Waals surface area contributed by atoms with Crippen LogP contribution in [-0.4, -0.2) is 10.9 Å². The van der Waals surface area contributed by atoms with Crippen LogP contribution in [0.1, 0.15) is 57.9 Å². The molecule has 3 N–H and O–H groups in total. The van der Waals surface area contributed by atoms with Gasteiger partial charge >= 0.3 is 0 Å². The molecule has 1 aromatic rings. The normalized spacial score (nSPS) is 9.11. The standard InChI is InChI=1S/C12H16N2O.2C2H6/c1-3-5-10-9(6-7-12(13)15)8-14-11(10)4-2;2*1-2/h3-5,8,14H,2,6-7H2,1H3,(H2,13,15);2*1-2H3/b5-3-;;. The zero-order valence-corrected chi connectivity index (χ0v) is 12.9. The summed E-state index contributed by atoms with van der Waals surface area (Å²) in [6, 6.07) is 0. The first-order valence-corrected chi connectivity index (χ1v) is 6.92. The Morgan fingerprint density at radius 3 is 2.37 bits per heavy atom. The lowest BCUT2D eigenvalue weighted by Crippen LogP contribution is -2.11. The van der Waals surface area contributed by atoms with Crippen LogP contribution in [0.4, 0.5) is 0 Å². The molecule has 19 heavy (non-hydrogen) atoms. The molecule has 0 aliphatic carbocycles. The largest absolute Gasteiger partial charge is 0.370 e. The third kappa shape index (κ3) is 7.29. The molecular formula is C16H28N2O. The molecule has 0 aliphatic rings. The van der Waals surface area contributed by atoms with Crippen LogP contribution in [0, 0.1) is 0 Å². The topological polar surface area (TPSA) is 58.9 Å². The Morgan fingerprint density at radius 2 is 1.95 bits per heavy atom. The van der Waals surface area contributed by atoms with Crippen LogP contribution in [-0.2, 0) is 11.2 Å². The van der Waals surface area contributed by atoms with Crippen LogP contribution < -0.4 is 5.73 Å². The van der Waals surface area contributed by atoms with E-state index in [0.29, 0.717) is 12.8 Å². The second kappa shape index (κ2) is 12.7. The quantitative estimate of drug-likeness (QED) is 0.824. The zero-order chi connectivity index (χ0) is 15.3. The number of hydrogen-bond donors (Lipinski definition) is 2. The van der Waals surface area contributed by atoms with Crippen LogP contribution in [0.2, 0.25) is 0 Å². The number of aromatic nitrogens is 1. The summed E-state index contributed by atoms with van der Waals surface area (Å²) < 4.78 is 0. The molecule has 3 nitrogen and oxygen atoms in total. The molecule has 0 spiro atoms. The molecular weight excluding hydrogens is 236 g/mol. The van der Waals surface area contributed by atoms with Gasteiger partial charge in [-0.25, -0.2) is 0 Å². The van der Waals surface area contributed by atoms with E-state index in [-0.39, 0.29) is 5.91 Å². The van der Waals surface area contributed by atoms with E-state index in [0.717, 1.165) is 16.8 Å². The fourth-order valence-electron chi connectivity index (χ4n) is 1.49. The average molecular weight is 264 g/mol. The van der Waals surface area contributed by atoms with E-state index in [1.807, 2.05) is 53.0 Å². The molecule has 3 heteroatoms. The summed E-state index contributed by atoms with van der Waals surface area (Å²) in [5.41, 5.74) is 8.29. The minimum Gasteiger partial charge on any atom is -0.370 e. The van der Waals surface area contributed by atoms with Crippen LogP contribution in [0.3, 0.4) is 0 Å². The molecule has 0 unspecified atom stereocenters. The predicted octanol–water partition coefficient (Wildman–Crippen LogP) is 4.16. The second-order valence-corrected chi connectivity index (χ2v) is 3.31. The van der Waals surface area contributed by atoms with Crippen molar-refractivity contribution in [1.82, 2.24) is 4.98 Å². The number of amides is 1. The molecule has 1 amide bonds. The van der Waals surface area contributed by atoms with Gasteiger partial charge in [-0.05, 0) is 25.0 Å². The number of primary amides is 1. The van der Waals surface area contributed by atoms with Crippen LogP contribution in [0.25, 0.3) is 12.2 Å². The Labute approximate surface area is 117 Å². The number of hydrogen-bond acceptors (Lipinski definition) is 1. The Balaban J connectivity index is 0. The van der Waals surface area contributed by atoms with Gasteiger partial charge in [-0.15, -0.1) is 0 Å². The first-order chi connectivity index (χ1) is 9.19. The summed E-state index contributed by atoms with van der Waals surface area (Å²) >= 11 is 0. The lowest BCUT2D eigenvalue weighted by atomic mass is 10.1. The Hall–Kier alpha value is -1.77. The predicted molar refractivity (Wildman–Crippen MR) is 85.8 cm³/mol. The van der Waals surface area contributed by atoms with E-state index < -0.39 is 0 Å². The van der Waals surface area contributed by atoms with Crippen molar-refractivity contribution >= 4 is 18.1 Å². The first kappa shape index (κ1) is 19.6. The monoisotopic (exact) mass is 264 g/mol. The van der Waals surface area contributed by atoms with Crippen molar-refractivity contribution in [1.29, 1.82) is 0 Å².